The minimum Gasteiger partial charge on any atom is -0.633 e. The Morgan fingerprint density at radius 2 is 1.77 bits per heavy atom. The number of hydrogen-bond acceptors (Lipinski definition) is 5. The number of likely N-dealkylation sites (N-methyl/N-ethyl adjacent to an activating group) is 1. The number of phenolic OH excluding ortho intramolecular Hbond substituents is 2. The van der Waals surface area contributed by atoms with E-state index in [0.717, 1.165) is 11.1 Å². The van der Waals surface area contributed by atoms with Gasteiger partial charge < -0.3 is 29.9 Å². The topological polar surface area (TPSA) is 110 Å². The molecular weight excluding hydrogens is 407 g/mol. The van der Waals surface area contributed by atoms with Crippen LogP contribution in [0.25, 0.3) is 0 Å². The summed E-state index contributed by atoms with van der Waals surface area (Å²) in [6.45, 7) is 0.474. The van der Waals surface area contributed by atoms with Gasteiger partial charge >= 0.3 is 12.1 Å². The summed E-state index contributed by atoms with van der Waals surface area (Å²) in [4.78, 5) is 8.90. The molecule has 1 heterocycles. The Bertz CT molecular complexity index is 897. The summed E-state index contributed by atoms with van der Waals surface area (Å²) in [5, 5.41) is 40.1. The number of aliphatic carboxylic acids is 1. The second-order valence-electron chi connectivity index (χ2n) is 7.03. The number of carbonyl (C=O) groups is 1. The van der Waals surface area contributed by atoms with Crippen LogP contribution in [0.1, 0.15) is 22.7 Å². The third kappa shape index (κ3) is 5.33. The zero-order chi connectivity index (χ0) is 22.7. The summed E-state index contributed by atoms with van der Waals surface area (Å²) in [5.41, 5.74) is 2.63. The molecular formula is C20H22F3NO6. The van der Waals surface area contributed by atoms with Crippen LogP contribution in [0.4, 0.5) is 13.2 Å². The monoisotopic (exact) mass is 429 g/mol. The van der Waals surface area contributed by atoms with E-state index in [2.05, 4.69) is 0 Å². The SMILES string of the molecule is COc1ccc2c(c1O)[C@@H](Cc1ccc(O)cc1)[N@+](C)([O-])CC2.O=C(O)C(F)(F)F. The van der Waals surface area contributed by atoms with Crippen molar-refractivity contribution < 1.29 is 42.7 Å². The number of aromatic hydroxyl groups is 2. The van der Waals surface area contributed by atoms with E-state index in [1.54, 1.807) is 37.4 Å². The minimum absolute atomic E-state index is 0.0636. The molecule has 164 valence electrons. The molecule has 10 heteroatoms. The number of hydrogen-bond donors (Lipinski definition) is 3. The van der Waals surface area contributed by atoms with Gasteiger partial charge in [-0.05, 0) is 29.3 Å². The maximum absolute atomic E-state index is 13.0. The van der Waals surface area contributed by atoms with E-state index in [0.29, 0.717) is 30.7 Å². The van der Waals surface area contributed by atoms with Gasteiger partial charge in [0.2, 0.25) is 0 Å². The molecule has 0 radical (unpaired) electrons. The lowest BCUT2D eigenvalue weighted by Gasteiger charge is -2.49. The first kappa shape index (κ1) is 23.3. The maximum Gasteiger partial charge on any atom is 0.490 e. The number of alkyl halides is 3. The van der Waals surface area contributed by atoms with Crippen molar-refractivity contribution in [2.45, 2.75) is 25.1 Å². The first-order valence-corrected chi connectivity index (χ1v) is 8.89. The number of nitrogens with zero attached hydrogens (tertiary/aromatic N) is 1. The molecule has 3 N–H and O–H groups in total. The first-order chi connectivity index (χ1) is 13.9. The van der Waals surface area contributed by atoms with Crippen molar-refractivity contribution in [2.75, 3.05) is 20.7 Å². The summed E-state index contributed by atoms with van der Waals surface area (Å²) in [7, 11) is 3.15. The summed E-state index contributed by atoms with van der Waals surface area (Å²) in [6.07, 6.45) is -3.95. The van der Waals surface area contributed by atoms with Gasteiger partial charge in [-0.1, -0.05) is 18.2 Å². The van der Waals surface area contributed by atoms with Gasteiger partial charge in [0.1, 0.15) is 11.8 Å². The van der Waals surface area contributed by atoms with Crippen molar-refractivity contribution in [1.29, 1.82) is 0 Å². The third-order valence-electron chi connectivity index (χ3n) is 4.92. The summed E-state index contributed by atoms with van der Waals surface area (Å²) < 4.78 is 36.5. The van der Waals surface area contributed by atoms with Gasteiger partial charge in [0.15, 0.2) is 11.5 Å². The van der Waals surface area contributed by atoms with Crippen molar-refractivity contribution in [2.24, 2.45) is 0 Å². The number of halogens is 3. The average Bonchev–Trinajstić information content (AvgIpc) is 2.65. The Morgan fingerprint density at radius 1 is 1.20 bits per heavy atom. The molecule has 1 aliphatic heterocycles. The second-order valence-corrected chi connectivity index (χ2v) is 7.03. The third-order valence-corrected chi connectivity index (χ3v) is 4.92. The van der Waals surface area contributed by atoms with Crippen molar-refractivity contribution >= 4 is 5.97 Å². The Morgan fingerprint density at radius 3 is 2.27 bits per heavy atom. The normalized spacial score (nSPS) is 20.5. The van der Waals surface area contributed by atoms with Crippen LogP contribution in [0.3, 0.4) is 0 Å². The van der Waals surface area contributed by atoms with Gasteiger partial charge in [-0.25, -0.2) is 4.79 Å². The van der Waals surface area contributed by atoms with E-state index in [9.17, 15) is 28.6 Å². The van der Waals surface area contributed by atoms with Crippen LogP contribution in [0.2, 0.25) is 0 Å². The Hall–Kier alpha value is -2.98. The average molecular weight is 429 g/mol. The molecule has 2 aromatic rings. The lowest BCUT2D eigenvalue weighted by atomic mass is 9.87. The highest BCUT2D eigenvalue weighted by Gasteiger charge is 2.38. The summed E-state index contributed by atoms with van der Waals surface area (Å²) in [5.74, 6) is -2.11. The van der Waals surface area contributed by atoms with E-state index >= 15 is 0 Å². The zero-order valence-corrected chi connectivity index (χ0v) is 16.3. The standard InChI is InChI=1S/C18H21NO4.C2HF3O2/c1-19(22)10-9-13-5-8-16(23-2)18(21)17(13)15(19)11-12-3-6-14(20)7-4-12;3-2(4,5)1(6)7/h3-8,15,20-21H,9-11H2,1-2H3;(H,6,7)/t15-,19-;/m1./s1. The summed E-state index contributed by atoms with van der Waals surface area (Å²) in [6, 6.07) is 10.1. The minimum atomic E-state index is -5.08. The van der Waals surface area contributed by atoms with E-state index in [1.807, 2.05) is 6.07 Å². The number of carboxylic acid groups (broad SMARTS) is 1. The fourth-order valence-corrected chi connectivity index (χ4v) is 3.31. The van der Waals surface area contributed by atoms with Crippen LogP contribution in [0.5, 0.6) is 17.2 Å². The molecule has 1 aliphatic rings. The van der Waals surface area contributed by atoms with Crippen LogP contribution in [0, 0.1) is 5.21 Å². The molecule has 0 bridgehead atoms. The van der Waals surface area contributed by atoms with Crippen LogP contribution in [0.15, 0.2) is 36.4 Å². The number of ether oxygens (including phenoxy) is 1. The zero-order valence-electron chi connectivity index (χ0n) is 16.3. The number of carboxylic acids is 1. The Balaban J connectivity index is 0.000000396. The highest BCUT2D eigenvalue weighted by molar-refractivity contribution is 5.73. The molecule has 7 nitrogen and oxygen atoms in total. The highest BCUT2D eigenvalue weighted by atomic mass is 19.4. The molecule has 0 aliphatic carbocycles. The van der Waals surface area contributed by atoms with Gasteiger partial charge in [0.25, 0.3) is 0 Å². The first-order valence-electron chi connectivity index (χ1n) is 8.89. The van der Waals surface area contributed by atoms with Crippen molar-refractivity contribution in [3.05, 3.63) is 58.3 Å². The van der Waals surface area contributed by atoms with E-state index in [-0.39, 0.29) is 11.5 Å². The smallest absolute Gasteiger partial charge is 0.490 e. The van der Waals surface area contributed by atoms with Crippen molar-refractivity contribution in [3.63, 3.8) is 0 Å². The molecule has 3 rings (SSSR count). The van der Waals surface area contributed by atoms with Crippen LogP contribution >= 0.6 is 0 Å². The quantitative estimate of drug-likeness (QED) is 0.509. The number of quaternary nitrogens is 1. The fourth-order valence-electron chi connectivity index (χ4n) is 3.31. The van der Waals surface area contributed by atoms with Crippen LogP contribution < -0.4 is 4.74 Å². The van der Waals surface area contributed by atoms with Crippen molar-refractivity contribution in [1.82, 2.24) is 0 Å². The van der Waals surface area contributed by atoms with Gasteiger partial charge in [0.05, 0.1) is 26.3 Å². The molecule has 0 saturated heterocycles. The number of methoxy groups -OCH3 is 1. The van der Waals surface area contributed by atoms with Crippen molar-refractivity contribution in [3.8, 4) is 17.2 Å². The maximum atomic E-state index is 13.0. The number of hydroxylamine groups is 3. The highest BCUT2D eigenvalue weighted by Crippen LogP contribution is 2.45. The van der Waals surface area contributed by atoms with Gasteiger partial charge in [-0.2, -0.15) is 13.2 Å². The van der Waals surface area contributed by atoms with Gasteiger partial charge in [0, 0.05) is 12.8 Å². The van der Waals surface area contributed by atoms with Crippen LogP contribution in [-0.2, 0) is 17.6 Å². The van der Waals surface area contributed by atoms with Crippen LogP contribution in [-0.4, -0.2) is 52.8 Å². The number of benzene rings is 2. The molecule has 0 spiro atoms. The number of rotatable bonds is 3. The number of fused-ring (bicyclic) bond motifs is 1. The second kappa shape index (κ2) is 8.80. The molecule has 0 fully saturated rings. The molecule has 2 atom stereocenters. The number of phenols is 2. The lowest BCUT2D eigenvalue weighted by Crippen LogP contribution is -2.47. The Kier molecular flexibility index (Phi) is 6.84. The molecule has 0 unspecified atom stereocenters. The molecule has 0 aromatic heterocycles. The lowest BCUT2D eigenvalue weighted by molar-refractivity contribution is -0.894. The molecule has 2 aromatic carbocycles. The summed E-state index contributed by atoms with van der Waals surface area (Å²) >= 11 is 0. The van der Waals surface area contributed by atoms with E-state index < -0.39 is 22.8 Å². The molecule has 0 amide bonds. The van der Waals surface area contributed by atoms with E-state index in [1.165, 1.54) is 7.11 Å². The molecule has 30 heavy (non-hydrogen) atoms. The van der Waals surface area contributed by atoms with E-state index in [4.69, 9.17) is 14.6 Å². The fraction of sp³-hybridized carbons (Fsp3) is 0.350. The predicted molar refractivity (Wildman–Crippen MR) is 101 cm³/mol. The van der Waals surface area contributed by atoms with Gasteiger partial charge in [-0.15, -0.1) is 0 Å². The Labute approximate surface area is 170 Å². The largest absolute Gasteiger partial charge is 0.633 e. The van der Waals surface area contributed by atoms with Gasteiger partial charge in [-0.3, -0.25) is 0 Å². The predicted octanol–water partition coefficient (Wildman–Crippen LogP) is 3.52. The molecule has 0 saturated carbocycles.